The van der Waals surface area contributed by atoms with Crippen molar-refractivity contribution in [2.75, 3.05) is 5.73 Å². The van der Waals surface area contributed by atoms with Crippen LogP contribution in [0.2, 0.25) is 0 Å². The zero-order valence-corrected chi connectivity index (χ0v) is 10.5. The lowest BCUT2D eigenvalue weighted by atomic mass is 9.95. The third kappa shape index (κ3) is 3.19. The van der Waals surface area contributed by atoms with Crippen molar-refractivity contribution in [2.24, 2.45) is 0 Å². The Morgan fingerprint density at radius 3 is 2.47 bits per heavy atom. The lowest BCUT2D eigenvalue weighted by Crippen LogP contribution is -2.44. The van der Waals surface area contributed by atoms with E-state index in [1.165, 1.54) is 12.1 Å². The molecule has 94 valence electrons. The van der Waals surface area contributed by atoms with E-state index in [2.05, 4.69) is 5.32 Å². The fraction of sp³-hybridized carbons (Fsp3) is 0.462. The van der Waals surface area contributed by atoms with Gasteiger partial charge in [0.2, 0.25) is 0 Å². The number of nitrogens with two attached hydrogens (primary N) is 1. The number of rotatable bonds is 4. The normalized spacial score (nSPS) is 11.3. The molecule has 0 heterocycles. The molecule has 0 aliphatic heterocycles. The molecule has 1 aromatic rings. The maximum atomic E-state index is 13.2. The number of anilines is 1. The first-order valence-corrected chi connectivity index (χ1v) is 5.79. The van der Waals surface area contributed by atoms with Crippen LogP contribution in [0.3, 0.4) is 0 Å². The third-order valence-corrected chi connectivity index (χ3v) is 3.24. The molecule has 4 heteroatoms. The van der Waals surface area contributed by atoms with Gasteiger partial charge in [-0.1, -0.05) is 13.8 Å². The first-order valence-electron chi connectivity index (χ1n) is 5.79. The first kappa shape index (κ1) is 13.5. The average molecular weight is 238 g/mol. The molecule has 1 rings (SSSR count). The standard InChI is InChI=1S/C13H19FN2O/c1-4-13(3,5-2)16-12(17)9-6-7-11(15)10(14)8-9/h6-8H,4-5,15H2,1-3H3,(H,16,17). The Kier molecular flexibility index (Phi) is 4.10. The van der Waals surface area contributed by atoms with Gasteiger partial charge in [0, 0.05) is 11.1 Å². The molecule has 0 bridgehead atoms. The van der Waals surface area contributed by atoms with Gasteiger partial charge in [0.05, 0.1) is 5.69 Å². The molecular formula is C13H19FN2O. The second-order valence-electron chi connectivity index (χ2n) is 4.46. The van der Waals surface area contributed by atoms with E-state index >= 15 is 0 Å². The molecule has 0 spiro atoms. The van der Waals surface area contributed by atoms with Crippen molar-refractivity contribution in [3.8, 4) is 0 Å². The molecule has 0 fully saturated rings. The average Bonchev–Trinajstić information content (AvgIpc) is 2.32. The van der Waals surface area contributed by atoms with Crippen LogP contribution in [0.15, 0.2) is 18.2 Å². The van der Waals surface area contributed by atoms with E-state index in [4.69, 9.17) is 5.73 Å². The number of amides is 1. The van der Waals surface area contributed by atoms with E-state index in [1.807, 2.05) is 20.8 Å². The summed E-state index contributed by atoms with van der Waals surface area (Å²) in [6.07, 6.45) is 1.65. The van der Waals surface area contributed by atoms with Gasteiger partial charge >= 0.3 is 0 Å². The summed E-state index contributed by atoms with van der Waals surface area (Å²) in [5.41, 5.74) is 5.45. The second-order valence-corrected chi connectivity index (χ2v) is 4.46. The van der Waals surface area contributed by atoms with Gasteiger partial charge in [0.1, 0.15) is 5.82 Å². The van der Waals surface area contributed by atoms with Crippen molar-refractivity contribution in [2.45, 2.75) is 39.2 Å². The highest BCUT2D eigenvalue weighted by molar-refractivity contribution is 5.95. The number of hydrogen-bond acceptors (Lipinski definition) is 2. The van der Waals surface area contributed by atoms with Gasteiger partial charge in [-0.15, -0.1) is 0 Å². The quantitative estimate of drug-likeness (QED) is 0.792. The van der Waals surface area contributed by atoms with Crippen LogP contribution in [0.4, 0.5) is 10.1 Å². The van der Waals surface area contributed by atoms with Gasteiger partial charge in [-0.2, -0.15) is 0 Å². The molecule has 0 saturated heterocycles. The summed E-state index contributed by atoms with van der Waals surface area (Å²) in [5, 5.41) is 2.91. The molecule has 0 aliphatic carbocycles. The zero-order chi connectivity index (χ0) is 13.1. The fourth-order valence-corrected chi connectivity index (χ4v) is 1.44. The predicted molar refractivity (Wildman–Crippen MR) is 67.3 cm³/mol. The minimum absolute atomic E-state index is 0.0512. The van der Waals surface area contributed by atoms with Crippen molar-refractivity contribution in [3.63, 3.8) is 0 Å². The topological polar surface area (TPSA) is 55.1 Å². The minimum atomic E-state index is -0.563. The molecule has 17 heavy (non-hydrogen) atoms. The summed E-state index contributed by atoms with van der Waals surface area (Å²) in [7, 11) is 0. The highest BCUT2D eigenvalue weighted by Gasteiger charge is 2.22. The van der Waals surface area contributed by atoms with E-state index in [1.54, 1.807) is 0 Å². The van der Waals surface area contributed by atoms with Crippen LogP contribution < -0.4 is 11.1 Å². The molecule has 0 saturated carbocycles. The number of nitrogens with one attached hydrogen (secondary N) is 1. The highest BCUT2D eigenvalue weighted by Crippen LogP contribution is 2.16. The molecule has 0 atom stereocenters. The van der Waals surface area contributed by atoms with Crippen LogP contribution in [0.25, 0.3) is 0 Å². The number of benzene rings is 1. The molecule has 0 unspecified atom stereocenters. The zero-order valence-electron chi connectivity index (χ0n) is 10.5. The Hall–Kier alpha value is -1.58. The van der Waals surface area contributed by atoms with Gasteiger partial charge < -0.3 is 11.1 Å². The Bertz CT molecular complexity index is 414. The van der Waals surface area contributed by atoms with Crippen molar-refractivity contribution in [1.82, 2.24) is 5.32 Å². The van der Waals surface area contributed by atoms with Crippen LogP contribution in [0.1, 0.15) is 44.0 Å². The molecule has 3 nitrogen and oxygen atoms in total. The van der Waals surface area contributed by atoms with Crippen LogP contribution in [-0.2, 0) is 0 Å². The summed E-state index contributed by atoms with van der Waals surface area (Å²) in [6, 6.07) is 4.09. The maximum absolute atomic E-state index is 13.2. The SMILES string of the molecule is CCC(C)(CC)NC(=O)c1ccc(N)c(F)c1. The number of carbonyl (C=O) groups excluding carboxylic acids is 1. The molecule has 0 aliphatic rings. The van der Waals surface area contributed by atoms with Crippen LogP contribution in [0.5, 0.6) is 0 Å². The molecule has 1 aromatic carbocycles. The van der Waals surface area contributed by atoms with Gasteiger partial charge in [-0.05, 0) is 38.0 Å². The summed E-state index contributed by atoms with van der Waals surface area (Å²) in [5.74, 6) is -0.831. The smallest absolute Gasteiger partial charge is 0.251 e. The largest absolute Gasteiger partial charge is 0.396 e. The lowest BCUT2D eigenvalue weighted by molar-refractivity contribution is 0.0900. The lowest BCUT2D eigenvalue weighted by Gasteiger charge is -2.28. The summed E-state index contributed by atoms with van der Waals surface area (Å²) in [6.45, 7) is 5.99. The Morgan fingerprint density at radius 2 is 2.00 bits per heavy atom. The van der Waals surface area contributed by atoms with Crippen LogP contribution >= 0.6 is 0 Å². The summed E-state index contributed by atoms with van der Waals surface area (Å²) >= 11 is 0. The van der Waals surface area contributed by atoms with E-state index in [0.29, 0.717) is 5.56 Å². The molecule has 0 aromatic heterocycles. The van der Waals surface area contributed by atoms with Crippen molar-refractivity contribution < 1.29 is 9.18 Å². The Balaban J connectivity index is 2.86. The van der Waals surface area contributed by atoms with Crippen LogP contribution in [-0.4, -0.2) is 11.4 Å². The van der Waals surface area contributed by atoms with E-state index < -0.39 is 5.82 Å². The molecule has 1 amide bonds. The van der Waals surface area contributed by atoms with Crippen molar-refractivity contribution in [3.05, 3.63) is 29.6 Å². The first-order chi connectivity index (χ1) is 7.91. The van der Waals surface area contributed by atoms with Gasteiger partial charge in [0.15, 0.2) is 0 Å². The predicted octanol–water partition coefficient (Wildman–Crippen LogP) is 2.72. The van der Waals surface area contributed by atoms with Gasteiger partial charge in [-0.25, -0.2) is 4.39 Å². The molecule has 3 N–H and O–H groups in total. The Labute approximate surface area is 101 Å². The highest BCUT2D eigenvalue weighted by atomic mass is 19.1. The Morgan fingerprint density at radius 1 is 1.41 bits per heavy atom. The number of carbonyl (C=O) groups is 1. The van der Waals surface area contributed by atoms with Crippen molar-refractivity contribution in [1.29, 1.82) is 0 Å². The third-order valence-electron chi connectivity index (χ3n) is 3.24. The van der Waals surface area contributed by atoms with Crippen molar-refractivity contribution >= 4 is 11.6 Å². The number of halogens is 1. The van der Waals surface area contributed by atoms with E-state index in [9.17, 15) is 9.18 Å². The van der Waals surface area contributed by atoms with E-state index in [0.717, 1.165) is 18.9 Å². The second kappa shape index (κ2) is 5.17. The molecule has 0 radical (unpaired) electrons. The minimum Gasteiger partial charge on any atom is -0.396 e. The molecular weight excluding hydrogens is 219 g/mol. The fourth-order valence-electron chi connectivity index (χ4n) is 1.44. The van der Waals surface area contributed by atoms with Gasteiger partial charge in [0.25, 0.3) is 5.91 Å². The number of hydrogen-bond donors (Lipinski definition) is 2. The number of nitrogen functional groups attached to an aromatic ring is 1. The summed E-state index contributed by atoms with van der Waals surface area (Å²) in [4.78, 5) is 11.9. The van der Waals surface area contributed by atoms with E-state index in [-0.39, 0.29) is 17.1 Å². The maximum Gasteiger partial charge on any atom is 0.251 e. The monoisotopic (exact) mass is 238 g/mol. The van der Waals surface area contributed by atoms with Gasteiger partial charge in [-0.3, -0.25) is 4.79 Å². The summed E-state index contributed by atoms with van der Waals surface area (Å²) < 4.78 is 13.2. The van der Waals surface area contributed by atoms with Crippen LogP contribution in [0, 0.1) is 5.82 Å².